The van der Waals surface area contributed by atoms with Gasteiger partial charge in [0, 0.05) is 0 Å². The standard InChI is InChI=1S/C7H6AsNO2/c1-11-7(10)5-3-2-4-6(8)9-5/h2-4H,1H3. The molecule has 0 fully saturated rings. The van der Waals surface area contributed by atoms with Crippen molar-refractivity contribution in [1.82, 2.24) is 4.98 Å². The third-order valence-corrected chi connectivity index (χ3v) is 1.65. The molecule has 0 aliphatic carbocycles. The predicted molar refractivity (Wildman–Crippen MR) is 41.0 cm³/mol. The van der Waals surface area contributed by atoms with Crippen molar-refractivity contribution >= 4 is 27.3 Å². The second-order valence-electron chi connectivity index (χ2n) is 1.87. The Kier molecular flexibility index (Phi) is 2.66. The summed E-state index contributed by atoms with van der Waals surface area (Å²) in [7, 11) is 1.33. The molecule has 0 unspecified atom stereocenters. The van der Waals surface area contributed by atoms with Crippen LogP contribution in [-0.4, -0.2) is 34.9 Å². The Labute approximate surface area is 73.3 Å². The van der Waals surface area contributed by atoms with Crippen molar-refractivity contribution in [2.24, 2.45) is 0 Å². The summed E-state index contributed by atoms with van der Waals surface area (Å²) in [4.78, 5) is 14.8. The Morgan fingerprint density at radius 1 is 1.64 bits per heavy atom. The molecule has 4 heteroatoms. The zero-order valence-electron chi connectivity index (χ0n) is 5.94. The molecule has 0 aromatic carbocycles. The second-order valence-corrected chi connectivity index (χ2v) is 2.83. The Morgan fingerprint density at radius 3 is 2.91 bits per heavy atom. The fourth-order valence-corrected chi connectivity index (χ4v) is 1.05. The Balaban J connectivity index is 2.96. The average molecular weight is 211 g/mol. The van der Waals surface area contributed by atoms with Crippen LogP contribution in [0, 0.1) is 0 Å². The van der Waals surface area contributed by atoms with E-state index in [9.17, 15) is 4.79 Å². The summed E-state index contributed by atoms with van der Waals surface area (Å²) in [5.41, 5.74) is 0.339. The van der Waals surface area contributed by atoms with Gasteiger partial charge in [-0.25, -0.2) is 0 Å². The molecule has 0 aliphatic rings. The zero-order valence-corrected chi connectivity index (χ0v) is 7.82. The van der Waals surface area contributed by atoms with Crippen LogP contribution in [0.15, 0.2) is 18.2 Å². The van der Waals surface area contributed by atoms with E-state index in [1.165, 1.54) is 7.11 Å². The first-order valence-corrected chi connectivity index (χ1v) is 3.92. The van der Waals surface area contributed by atoms with Crippen LogP contribution in [-0.2, 0) is 4.74 Å². The van der Waals surface area contributed by atoms with Gasteiger partial charge in [-0.1, -0.05) is 0 Å². The van der Waals surface area contributed by atoms with Crippen LogP contribution < -0.4 is 4.48 Å². The molecule has 0 amide bonds. The number of esters is 1. The molecule has 56 valence electrons. The Hall–Kier alpha value is -0.822. The van der Waals surface area contributed by atoms with Gasteiger partial charge >= 0.3 is 72.8 Å². The van der Waals surface area contributed by atoms with E-state index >= 15 is 0 Å². The summed E-state index contributed by atoms with van der Waals surface area (Å²) >= 11 is 2.26. The first-order chi connectivity index (χ1) is 5.24. The number of carbonyl (C=O) groups excluding carboxylic acids is 1. The van der Waals surface area contributed by atoms with Gasteiger partial charge in [0.2, 0.25) is 0 Å². The van der Waals surface area contributed by atoms with Crippen LogP contribution in [0.5, 0.6) is 0 Å². The molecule has 0 saturated heterocycles. The third kappa shape index (κ3) is 2.05. The van der Waals surface area contributed by atoms with Crippen molar-refractivity contribution in [1.29, 1.82) is 0 Å². The molecule has 1 rings (SSSR count). The van der Waals surface area contributed by atoms with Crippen molar-refractivity contribution in [2.75, 3.05) is 7.11 Å². The molecule has 0 atom stereocenters. The molecule has 3 nitrogen and oxygen atoms in total. The van der Waals surface area contributed by atoms with E-state index in [-0.39, 0.29) is 0 Å². The number of rotatable bonds is 1. The van der Waals surface area contributed by atoms with Crippen LogP contribution in [0.4, 0.5) is 0 Å². The third-order valence-electron chi connectivity index (χ3n) is 1.13. The quantitative estimate of drug-likeness (QED) is 0.471. The van der Waals surface area contributed by atoms with Crippen LogP contribution in [0.2, 0.25) is 0 Å². The van der Waals surface area contributed by atoms with E-state index in [2.05, 4.69) is 26.6 Å². The molecular weight excluding hydrogens is 205 g/mol. The normalized spacial score (nSPS) is 9.27. The Bertz CT molecular complexity index is 275. The van der Waals surface area contributed by atoms with Crippen LogP contribution in [0.1, 0.15) is 10.5 Å². The van der Waals surface area contributed by atoms with Crippen LogP contribution >= 0.6 is 0 Å². The summed E-state index contributed by atoms with van der Waals surface area (Å²) < 4.78 is 5.23. The van der Waals surface area contributed by atoms with Gasteiger partial charge < -0.3 is 0 Å². The van der Waals surface area contributed by atoms with Gasteiger partial charge in [-0.05, 0) is 0 Å². The van der Waals surface area contributed by atoms with Crippen LogP contribution in [0.25, 0.3) is 0 Å². The number of methoxy groups -OCH3 is 1. The maximum absolute atomic E-state index is 10.9. The van der Waals surface area contributed by atoms with E-state index in [4.69, 9.17) is 0 Å². The number of nitrogens with zero attached hydrogens (tertiary/aromatic N) is 1. The number of aromatic nitrogens is 1. The molecule has 2 radical (unpaired) electrons. The first kappa shape index (κ1) is 8.28. The predicted octanol–water partition coefficient (Wildman–Crippen LogP) is -0.338. The summed E-state index contributed by atoms with van der Waals surface area (Å²) in [6.07, 6.45) is 0. The molecule has 0 saturated carbocycles. The first-order valence-electron chi connectivity index (χ1n) is 2.98. The topological polar surface area (TPSA) is 39.2 Å². The van der Waals surface area contributed by atoms with E-state index in [1.807, 2.05) is 0 Å². The molecular formula is C7H6AsNO2. The molecule has 0 spiro atoms. The van der Waals surface area contributed by atoms with E-state index in [0.717, 1.165) is 4.48 Å². The van der Waals surface area contributed by atoms with Crippen molar-refractivity contribution in [3.8, 4) is 0 Å². The van der Waals surface area contributed by atoms with Gasteiger partial charge in [-0.15, -0.1) is 0 Å². The van der Waals surface area contributed by atoms with E-state index < -0.39 is 5.97 Å². The fraction of sp³-hybridized carbons (Fsp3) is 0.143. The zero-order chi connectivity index (χ0) is 8.27. The summed E-state index contributed by atoms with van der Waals surface area (Å²) in [5, 5.41) is 0. The van der Waals surface area contributed by atoms with Crippen LogP contribution in [0.3, 0.4) is 0 Å². The van der Waals surface area contributed by atoms with Gasteiger partial charge in [0.25, 0.3) is 0 Å². The molecule has 1 aromatic heterocycles. The van der Waals surface area contributed by atoms with Gasteiger partial charge in [0.05, 0.1) is 0 Å². The second kappa shape index (κ2) is 3.53. The van der Waals surface area contributed by atoms with Crippen molar-refractivity contribution < 1.29 is 9.53 Å². The number of ether oxygens (including phenoxy) is 1. The fourth-order valence-electron chi connectivity index (χ4n) is 0.642. The molecule has 0 N–H and O–H groups in total. The summed E-state index contributed by atoms with van der Waals surface area (Å²) in [6, 6.07) is 5.17. The molecule has 1 aromatic rings. The summed E-state index contributed by atoms with van der Waals surface area (Å²) in [5.74, 6) is -0.405. The monoisotopic (exact) mass is 211 g/mol. The van der Waals surface area contributed by atoms with Crippen molar-refractivity contribution in [3.63, 3.8) is 0 Å². The van der Waals surface area contributed by atoms with E-state index in [1.54, 1.807) is 18.2 Å². The number of hydrogen-bond donors (Lipinski definition) is 0. The average Bonchev–Trinajstić information content (AvgIpc) is 2.03. The van der Waals surface area contributed by atoms with Gasteiger partial charge in [-0.3, -0.25) is 0 Å². The number of carbonyl (C=O) groups is 1. The van der Waals surface area contributed by atoms with Crippen molar-refractivity contribution in [2.45, 2.75) is 0 Å². The van der Waals surface area contributed by atoms with Gasteiger partial charge in [0.1, 0.15) is 0 Å². The van der Waals surface area contributed by atoms with Gasteiger partial charge in [-0.2, -0.15) is 0 Å². The minimum atomic E-state index is -0.405. The number of pyridine rings is 1. The minimum absolute atomic E-state index is 0.339. The molecule has 11 heavy (non-hydrogen) atoms. The number of hydrogen-bond acceptors (Lipinski definition) is 3. The van der Waals surface area contributed by atoms with E-state index in [0.29, 0.717) is 5.69 Å². The maximum atomic E-state index is 10.9. The summed E-state index contributed by atoms with van der Waals surface area (Å²) in [6.45, 7) is 0. The van der Waals surface area contributed by atoms with Gasteiger partial charge in [0.15, 0.2) is 0 Å². The SMILES string of the molecule is COC(=O)c1cccc([As])n1. The molecule has 0 bridgehead atoms. The Morgan fingerprint density at radius 2 is 2.36 bits per heavy atom. The molecule has 1 heterocycles. The van der Waals surface area contributed by atoms with Crippen molar-refractivity contribution in [3.05, 3.63) is 23.9 Å². The molecule has 0 aliphatic heterocycles.